The fraction of sp³-hybridized carbons (Fsp3) is 0. The van der Waals surface area contributed by atoms with Crippen LogP contribution in [0.1, 0.15) is 0 Å². The fourth-order valence-electron chi connectivity index (χ4n) is 0.814. The van der Waals surface area contributed by atoms with E-state index in [4.69, 9.17) is 5.73 Å². The van der Waals surface area contributed by atoms with E-state index in [2.05, 4.69) is 13.5 Å². The minimum absolute atomic E-state index is 0.223. The van der Waals surface area contributed by atoms with Gasteiger partial charge >= 0.3 is 16.4 Å². The molecule has 0 radical (unpaired) electrons. The van der Waals surface area contributed by atoms with E-state index in [1.165, 1.54) is 0 Å². The molecule has 4 N–H and O–H groups in total. The molecule has 2 aliphatic heterocycles. The molecule has 2 bridgehead atoms. The molecule has 3 rings (SSSR count). The van der Waals surface area contributed by atoms with Crippen molar-refractivity contribution in [2.75, 3.05) is 11.2 Å². The Morgan fingerprint density at radius 1 is 1.43 bits per heavy atom. The monoisotopic (exact) mass is 220 g/mol. The van der Waals surface area contributed by atoms with E-state index in [0.29, 0.717) is 0 Å². The molecular weight excluding hydrogens is 216 g/mol. The lowest BCUT2D eigenvalue weighted by molar-refractivity contribution is 0.312. The van der Waals surface area contributed by atoms with Crippen LogP contribution in [-0.4, -0.2) is 18.4 Å². The van der Waals surface area contributed by atoms with Crippen LogP contribution >= 0.6 is 0 Å². The van der Waals surface area contributed by atoms with Gasteiger partial charge in [-0.2, -0.15) is 13.4 Å². The molecule has 0 unspecified atom stereocenters. The lowest BCUT2D eigenvalue weighted by Crippen LogP contribution is -2.28. The summed E-state index contributed by atoms with van der Waals surface area (Å²) in [7, 11) is -4.27. The highest BCUT2D eigenvalue weighted by Gasteiger charge is 2.23. The van der Waals surface area contributed by atoms with E-state index in [1.54, 1.807) is 0 Å². The maximum atomic E-state index is 11.1. The zero-order valence-corrected chi connectivity index (χ0v) is 7.29. The van der Waals surface area contributed by atoms with Crippen molar-refractivity contribution in [3.63, 3.8) is 0 Å². The third kappa shape index (κ3) is 1.36. The molecular formula is C4H4N4O5S. The first-order valence-corrected chi connectivity index (χ1v) is 4.60. The van der Waals surface area contributed by atoms with Crippen molar-refractivity contribution in [2.24, 2.45) is 0 Å². The molecule has 0 fully saturated rings. The number of nitrogen functional groups attached to an aromatic ring is 1. The van der Waals surface area contributed by atoms with Crippen LogP contribution < -0.4 is 21.0 Å². The molecule has 1 aromatic heterocycles. The third-order valence-corrected chi connectivity index (χ3v) is 2.00. The number of anilines is 2. The highest BCUT2D eigenvalue weighted by atomic mass is 32.3. The Balaban J connectivity index is 2.69. The second-order valence-corrected chi connectivity index (χ2v) is 3.46. The molecule has 0 saturated heterocycles. The Morgan fingerprint density at radius 3 is 2.79 bits per heavy atom. The predicted octanol–water partition coefficient (Wildman–Crippen LogP) is -1.67. The maximum absolute atomic E-state index is 11.1. The third-order valence-electron chi connectivity index (χ3n) is 1.35. The lowest BCUT2D eigenvalue weighted by atomic mass is 10.5. The van der Waals surface area contributed by atoms with Crippen molar-refractivity contribution < 1.29 is 16.9 Å². The second-order valence-electron chi connectivity index (χ2n) is 2.31. The standard InChI is InChI=1S/C4H4N4O5S/c5-2-1-3(9)7-4(6-2)12-14(10,11)13-8-1/h8H,(H3,5,6,7,9). The topological polar surface area (TPSA) is 136 Å². The normalized spacial score (nSPS) is 17.7. The van der Waals surface area contributed by atoms with Gasteiger partial charge in [0.15, 0.2) is 11.5 Å². The molecule has 10 heteroatoms. The number of nitrogens with two attached hydrogens (primary N) is 1. The SMILES string of the molecule is Nc1nc2[nH]c(=O)c1NOS(=O)(=O)O2. The van der Waals surface area contributed by atoms with Gasteiger partial charge in [-0.25, -0.2) is 5.48 Å². The number of nitrogens with zero attached hydrogens (tertiary/aromatic N) is 1. The van der Waals surface area contributed by atoms with Crippen LogP contribution in [0, 0.1) is 0 Å². The van der Waals surface area contributed by atoms with Crippen molar-refractivity contribution in [3.05, 3.63) is 10.4 Å². The van der Waals surface area contributed by atoms with E-state index < -0.39 is 22.0 Å². The van der Waals surface area contributed by atoms with Crippen LogP contribution in [0.25, 0.3) is 0 Å². The van der Waals surface area contributed by atoms with Crippen LogP contribution in [0.15, 0.2) is 4.79 Å². The van der Waals surface area contributed by atoms with Crippen LogP contribution in [0.3, 0.4) is 0 Å². The summed E-state index contributed by atoms with van der Waals surface area (Å²) >= 11 is 0. The van der Waals surface area contributed by atoms with Gasteiger partial charge in [0.2, 0.25) is 0 Å². The van der Waals surface area contributed by atoms with Crippen molar-refractivity contribution >= 4 is 21.9 Å². The molecule has 14 heavy (non-hydrogen) atoms. The van der Waals surface area contributed by atoms with Crippen LogP contribution in [-0.2, 0) is 14.7 Å². The minimum Gasteiger partial charge on any atom is -0.382 e. The molecule has 1 aromatic rings. The molecule has 0 amide bonds. The van der Waals surface area contributed by atoms with E-state index in [1.807, 2.05) is 10.5 Å². The average Bonchev–Trinajstić information content (AvgIpc) is 1.98. The van der Waals surface area contributed by atoms with Gasteiger partial charge < -0.3 is 9.92 Å². The first-order chi connectivity index (χ1) is 6.48. The van der Waals surface area contributed by atoms with E-state index in [0.717, 1.165) is 0 Å². The van der Waals surface area contributed by atoms with Gasteiger partial charge in [-0.05, 0) is 0 Å². The van der Waals surface area contributed by atoms with Crippen molar-refractivity contribution in [1.29, 1.82) is 0 Å². The Morgan fingerprint density at radius 2 is 2.14 bits per heavy atom. The Hall–Kier alpha value is -1.81. The zero-order chi connectivity index (χ0) is 10.3. The average molecular weight is 220 g/mol. The largest absolute Gasteiger partial charge is 0.473 e. The van der Waals surface area contributed by atoms with Gasteiger partial charge in [-0.1, -0.05) is 0 Å². The molecule has 0 spiro atoms. The molecule has 0 aliphatic carbocycles. The van der Waals surface area contributed by atoms with Crippen molar-refractivity contribution in [3.8, 4) is 6.01 Å². The number of nitrogens with one attached hydrogen (secondary N) is 2. The van der Waals surface area contributed by atoms with Crippen LogP contribution in [0.4, 0.5) is 11.5 Å². The first kappa shape index (κ1) is 8.77. The summed E-state index contributed by atoms with van der Waals surface area (Å²) in [5.41, 5.74) is 6.12. The molecule has 2 aliphatic rings. The summed E-state index contributed by atoms with van der Waals surface area (Å²) in [5.74, 6) is -0.223. The number of aromatic nitrogens is 2. The van der Waals surface area contributed by atoms with Gasteiger partial charge in [0.05, 0.1) is 0 Å². The summed E-state index contributed by atoms with van der Waals surface area (Å²) in [6, 6.07) is -0.544. The summed E-state index contributed by atoms with van der Waals surface area (Å²) in [6.45, 7) is 0. The van der Waals surface area contributed by atoms with Gasteiger partial charge in [-0.3, -0.25) is 9.78 Å². The fourth-order valence-corrected chi connectivity index (χ4v) is 1.31. The van der Waals surface area contributed by atoms with Gasteiger partial charge in [0.1, 0.15) is 0 Å². The second kappa shape index (κ2) is 2.59. The Kier molecular flexibility index (Phi) is 1.62. The number of H-pyrrole nitrogens is 1. The molecule has 0 atom stereocenters. The lowest BCUT2D eigenvalue weighted by Gasteiger charge is -2.12. The van der Waals surface area contributed by atoms with Crippen molar-refractivity contribution in [2.45, 2.75) is 0 Å². The number of hydrogen-bond acceptors (Lipinski definition) is 8. The van der Waals surface area contributed by atoms with E-state index in [-0.39, 0.29) is 11.5 Å². The summed E-state index contributed by atoms with van der Waals surface area (Å²) in [6.07, 6.45) is 0. The molecule has 0 saturated carbocycles. The molecule has 0 aromatic carbocycles. The quantitative estimate of drug-likeness (QED) is 0.472. The van der Waals surface area contributed by atoms with Gasteiger partial charge in [0, 0.05) is 0 Å². The van der Waals surface area contributed by atoms with Crippen LogP contribution in [0.2, 0.25) is 0 Å². The number of fused-ring (bicyclic) bond motifs is 5. The number of rotatable bonds is 0. The smallest absolute Gasteiger partial charge is 0.382 e. The molecule has 76 valence electrons. The summed E-state index contributed by atoms with van der Waals surface area (Å²) in [5, 5.41) is 0. The minimum atomic E-state index is -4.27. The Bertz CT molecular complexity index is 533. The highest BCUT2D eigenvalue weighted by Crippen LogP contribution is 2.17. The maximum Gasteiger partial charge on any atom is 0.473 e. The molecule has 9 nitrogen and oxygen atoms in total. The summed E-state index contributed by atoms with van der Waals surface area (Å²) in [4.78, 5) is 16.6. The van der Waals surface area contributed by atoms with E-state index in [9.17, 15) is 13.2 Å². The van der Waals surface area contributed by atoms with Gasteiger partial charge in [0.25, 0.3) is 5.56 Å². The number of aromatic amines is 1. The predicted molar refractivity (Wildman–Crippen MR) is 43.5 cm³/mol. The highest BCUT2D eigenvalue weighted by molar-refractivity contribution is 7.82. The molecule has 3 heterocycles. The Labute approximate surface area is 77.1 Å². The van der Waals surface area contributed by atoms with E-state index >= 15 is 0 Å². The number of hydrogen-bond donors (Lipinski definition) is 3. The van der Waals surface area contributed by atoms with Crippen molar-refractivity contribution in [1.82, 2.24) is 9.97 Å². The first-order valence-electron chi connectivity index (χ1n) is 3.26. The van der Waals surface area contributed by atoms with Gasteiger partial charge in [-0.15, -0.1) is 4.28 Å². The van der Waals surface area contributed by atoms with Crippen LogP contribution in [0.5, 0.6) is 6.01 Å². The summed E-state index contributed by atoms with van der Waals surface area (Å²) < 4.78 is 29.9. The zero-order valence-electron chi connectivity index (χ0n) is 6.47.